The third-order valence-electron chi connectivity index (χ3n) is 3.17. The minimum absolute atomic E-state index is 0.615. The summed E-state index contributed by atoms with van der Waals surface area (Å²) < 4.78 is 5.82. The molecule has 5 nitrogen and oxygen atoms in total. The SMILES string of the molecule is Cc1c(Oc2ccccc2)cncc1C(O)Nc1nccs1. The Balaban J connectivity index is 1.82. The highest BCUT2D eigenvalue weighted by molar-refractivity contribution is 7.13. The fourth-order valence-electron chi connectivity index (χ4n) is 2.00. The quantitative estimate of drug-likeness (QED) is 0.702. The van der Waals surface area contributed by atoms with Gasteiger partial charge in [-0.05, 0) is 19.1 Å². The van der Waals surface area contributed by atoms with Gasteiger partial charge in [-0.1, -0.05) is 18.2 Å². The number of thiazole rings is 1. The van der Waals surface area contributed by atoms with E-state index in [0.29, 0.717) is 16.4 Å². The molecule has 0 fully saturated rings. The Morgan fingerprint density at radius 2 is 2.05 bits per heavy atom. The molecule has 1 atom stereocenters. The zero-order valence-electron chi connectivity index (χ0n) is 11.9. The maximum Gasteiger partial charge on any atom is 0.184 e. The topological polar surface area (TPSA) is 67.3 Å². The lowest BCUT2D eigenvalue weighted by atomic mass is 10.1. The van der Waals surface area contributed by atoms with Gasteiger partial charge in [0, 0.05) is 28.9 Å². The molecule has 0 aliphatic rings. The molecule has 0 amide bonds. The van der Waals surface area contributed by atoms with Gasteiger partial charge in [-0.25, -0.2) is 4.98 Å². The highest BCUT2D eigenvalue weighted by Crippen LogP contribution is 2.29. The molecule has 3 aromatic rings. The molecule has 0 aliphatic carbocycles. The fourth-order valence-corrected chi connectivity index (χ4v) is 2.56. The number of rotatable bonds is 5. The molecule has 1 unspecified atom stereocenters. The summed E-state index contributed by atoms with van der Waals surface area (Å²) in [5.41, 5.74) is 1.49. The van der Waals surface area contributed by atoms with Crippen LogP contribution in [0.3, 0.4) is 0 Å². The number of anilines is 1. The van der Waals surface area contributed by atoms with Gasteiger partial charge in [-0.15, -0.1) is 11.3 Å². The Morgan fingerprint density at radius 3 is 2.77 bits per heavy atom. The van der Waals surface area contributed by atoms with Crippen molar-refractivity contribution in [2.75, 3.05) is 5.32 Å². The van der Waals surface area contributed by atoms with Gasteiger partial charge < -0.3 is 15.2 Å². The summed E-state index contributed by atoms with van der Waals surface area (Å²) in [5.74, 6) is 1.34. The molecule has 0 radical (unpaired) electrons. The fraction of sp³-hybridized carbons (Fsp3) is 0.125. The Bertz CT molecular complexity index is 732. The second-order valence-electron chi connectivity index (χ2n) is 4.65. The molecule has 0 spiro atoms. The predicted molar refractivity (Wildman–Crippen MR) is 86.2 cm³/mol. The van der Waals surface area contributed by atoms with Crippen molar-refractivity contribution in [3.05, 3.63) is 65.4 Å². The van der Waals surface area contributed by atoms with Crippen molar-refractivity contribution in [3.63, 3.8) is 0 Å². The molecule has 0 bridgehead atoms. The number of aromatic nitrogens is 2. The third-order valence-corrected chi connectivity index (χ3v) is 3.87. The first kappa shape index (κ1) is 14.5. The van der Waals surface area contributed by atoms with Crippen molar-refractivity contribution in [1.82, 2.24) is 9.97 Å². The molecule has 2 N–H and O–H groups in total. The number of para-hydroxylation sites is 1. The van der Waals surface area contributed by atoms with Crippen molar-refractivity contribution in [1.29, 1.82) is 0 Å². The number of nitrogens with one attached hydrogen (secondary N) is 1. The molecule has 3 rings (SSSR count). The summed E-state index contributed by atoms with van der Waals surface area (Å²) in [6.07, 6.45) is 4.05. The Kier molecular flexibility index (Phi) is 4.32. The van der Waals surface area contributed by atoms with E-state index in [1.807, 2.05) is 42.6 Å². The normalized spacial score (nSPS) is 11.9. The van der Waals surface area contributed by atoms with E-state index in [-0.39, 0.29) is 0 Å². The smallest absolute Gasteiger partial charge is 0.184 e. The molecule has 2 aromatic heterocycles. The standard InChI is InChI=1S/C16H15N3O2S/c1-11-13(15(20)19-16-18-7-8-22-16)9-17-10-14(11)21-12-5-3-2-4-6-12/h2-10,15,20H,1H3,(H,18,19). The van der Waals surface area contributed by atoms with Crippen LogP contribution in [0.25, 0.3) is 0 Å². The Labute approximate surface area is 132 Å². The van der Waals surface area contributed by atoms with E-state index >= 15 is 0 Å². The van der Waals surface area contributed by atoms with Gasteiger partial charge >= 0.3 is 0 Å². The van der Waals surface area contributed by atoms with Crippen LogP contribution in [-0.4, -0.2) is 15.1 Å². The first-order valence-corrected chi connectivity index (χ1v) is 7.63. The largest absolute Gasteiger partial charge is 0.455 e. The highest BCUT2D eigenvalue weighted by Gasteiger charge is 2.15. The van der Waals surface area contributed by atoms with Crippen molar-refractivity contribution in [3.8, 4) is 11.5 Å². The van der Waals surface area contributed by atoms with Gasteiger partial charge in [0.1, 0.15) is 11.5 Å². The number of hydrogen-bond donors (Lipinski definition) is 2. The maximum atomic E-state index is 10.3. The van der Waals surface area contributed by atoms with E-state index in [4.69, 9.17) is 4.74 Å². The van der Waals surface area contributed by atoms with Crippen molar-refractivity contribution in [2.24, 2.45) is 0 Å². The van der Waals surface area contributed by atoms with Crippen molar-refractivity contribution >= 4 is 16.5 Å². The molecular formula is C16H15N3O2S. The second-order valence-corrected chi connectivity index (χ2v) is 5.55. The number of ether oxygens (including phenoxy) is 1. The van der Waals surface area contributed by atoms with Crippen molar-refractivity contribution in [2.45, 2.75) is 13.2 Å². The highest BCUT2D eigenvalue weighted by atomic mass is 32.1. The van der Waals surface area contributed by atoms with E-state index in [2.05, 4.69) is 15.3 Å². The molecular weight excluding hydrogens is 298 g/mol. The van der Waals surface area contributed by atoms with E-state index < -0.39 is 6.23 Å². The van der Waals surface area contributed by atoms with Gasteiger partial charge in [0.15, 0.2) is 11.4 Å². The van der Waals surface area contributed by atoms with Crippen molar-refractivity contribution < 1.29 is 9.84 Å². The number of hydrogen-bond acceptors (Lipinski definition) is 6. The molecule has 2 heterocycles. The molecule has 0 saturated carbocycles. The molecule has 0 saturated heterocycles. The van der Waals surface area contributed by atoms with Crippen LogP contribution in [-0.2, 0) is 0 Å². The van der Waals surface area contributed by atoms with Crippen LogP contribution in [0.2, 0.25) is 0 Å². The summed E-state index contributed by atoms with van der Waals surface area (Å²) >= 11 is 1.42. The first-order valence-electron chi connectivity index (χ1n) is 6.75. The van der Waals surface area contributed by atoms with Gasteiger partial charge in [-0.2, -0.15) is 0 Å². The number of benzene rings is 1. The molecule has 22 heavy (non-hydrogen) atoms. The number of aliphatic hydroxyl groups excluding tert-OH is 1. The van der Waals surface area contributed by atoms with Crippen LogP contribution in [0.4, 0.5) is 5.13 Å². The lowest BCUT2D eigenvalue weighted by molar-refractivity contribution is 0.206. The monoisotopic (exact) mass is 313 g/mol. The average molecular weight is 313 g/mol. The van der Waals surface area contributed by atoms with Gasteiger partial charge in [0.2, 0.25) is 0 Å². The van der Waals surface area contributed by atoms with E-state index in [0.717, 1.165) is 11.3 Å². The lowest BCUT2D eigenvalue weighted by Crippen LogP contribution is -2.11. The van der Waals surface area contributed by atoms with Gasteiger partial charge in [-0.3, -0.25) is 4.98 Å². The van der Waals surface area contributed by atoms with Crippen LogP contribution in [0.1, 0.15) is 17.4 Å². The van der Waals surface area contributed by atoms with E-state index in [1.54, 1.807) is 18.6 Å². The lowest BCUT2D eigenvalue weighted by Gasteiger charge is -2.16. The Hall–Kier alpha value is -2.44. The summed E-state index contributed by atoms with van der Waals surface area (Å²) in [7, 11) is 0. The molecule has 1 aromatic carbocycles. The minimum Gasteiger partial charge on any atom is -0.455 e. The van der Waals surface area contributed by atoms with E-state index in [1.165, 1.54) is 11.3 Å². The van der Waals surface area contributed by atoms with Crippen LogP contribution in [0, 0.1) is 6.92 Å². The summed E-state index contributed by atoms with van der Waals surface area (Å²) in [5, 5.41) is 15.8. The molecule has 112 valence electrons. The molecule has 6 heteroatoms. The first-order chi connectivity index (χ1) is 10.7. The van der Waals surface area contributed by atoms with Gasteiger partial charge in [0.05, 0.1) is 6.20 Å². The van der Waals surface area contributed by atoms with Gasteiger partial charge in [0.25, 0.3) is 0 Å². The van der Waals surface area contributed by atoms with E-state index in [9.17, 15) is 5.11 Å². The molecule has 0 aliphatic heterocycles. The van der Waals surface area contributed by atoms with Crippen LogP contribution < -0.4 is 10.1 Å². The average Bonchev–Trinajstić information content (AvgIpc) is 3.03. The zero-order valence-corrected chi connectivity index (χ0v) is 12.7. The number of nitrogens with zero attached hydrogens (tertiary/aromatic N) is 2. The second kappa shape index (κ2) is 6.55. The summed E-state index contributed by atoms with van der Waals surface area (Å²) in [6.45, 7) is 1.89. The Morgan fingerprint density at radius 1 is 1.23 bits per heavy atom. The predicted octanol–water partition coefficient (Wildman–Crippen LogP) is 3.74. The zero-order chi connectivity index (χ0) is 15.4. The summed E-state index contributed by atoms with van der Waals surface area (Å²) in [6, 6.07) is 9.48. The third kappa shape index (κ3) is 3.24. The van der Waals surface area contributed by atoms with Crippen LogP contribution >= 0.6 is 11.3 Å². The maximum absolute atomic E-state index is 10.3. The minimum atomic E-state index is -0.891. The van der Waals surface area contributed by atoms with Crippen LogP contribution in [0.15, 0.2) is 54.3 Å². The summed E-state index contributed by atoms with van der Waals surface area (Å²) in [4.78, 5) is 8.25. The van der Waals surface area contributed by atoms with Crippen LogP contribution in [0.5, 0.6) is 11.5 Å². The number of pyridine rings is 1. The number of aliphatic hydroxyl groups is 1.